The van der Waals surface area contributed by atoms with Crippen LogP contribution in [0.3, 0.4) is 0 Å². The summed E-state index contributed by atoms with van der Waals surface area (Å²) in [5, 5.41) is 4.26. The van der Waals surface area contributed by atoms with Crippen LogP contribution in [-0.2, 0) is 13.1 Å². The minimum Gasteiger partial charge on any atom is -0.302 e. The molecular formula is C11H20BrN3. The van der Waals surface area contributed by atoms with E-state index in [2.05, 4.69) is 53.0 Å². The zero-order valence-corrected chi connectivity index (χ0v) is 11.4. The van der Waals surface area contributed by atoms with Gasteiger partial charge in [0.1, 0.15) is 0 Å². The molecule has 1 unspecified atom stereocenters. The Bertz CT molecular complexity index is 283. The molecule has 0 spiro atoms. The number of hydrogen-bond donors (Lipinski definition) is 0. The molecule has 0 N–H and O–H groups in total. The molecule has 15 heavy (non-hydrogen) atoms. The summed E-state index contributed by atoms with van der Waals surface area (Å²) in [4.78, 5) is 2.92. The highest BCUT2D eigenvalue weighted by atomic mass is 79.9. The maximum atomic E-state index is 4.26. The van der Waals surface area contributed by atoms with E-state index in [1.54, 1.807) is 0 Å². The smallest absolute Gasteiger partial charge is 0.0534 e. The Kier molecular flexibility index (Phi) is 5.32. The van der Waals surface area contributed by atoms with Crippen molar-refractivity contribution in [3.8, 4) is 0 Å². The van der Waals surface area contributed by atoms with Crippen LogP contribution in [0.5, 0.6) is 0 Å². The SMILES string of the molecule is CCn1cc(CN(C)CCC(C)Br)cn1. The molecule has 0 amide bonds. The summed E-state index contributed by atoms with van der Waals surface area (Å²) in [6.45, 7) is 7.33. The molecule has 1 atom stereocenters. The van der Waals surface area contributed by atoms with Crippen molar-refractivity contribution in [3.05, 3.63) is 18.0 Å². The van der Waals surface area contributed by atoms with E-state index < -0.39 is 0 Å². The Labute approximate surface area is 101 Å². The molecular weight excluding hydrogens is 254 g/mol. The summed E-state index contributed by atoms with van der Waals surface area (Å²) >= 11 is 3.56. The van der Waals surface area contributed by atoms with Gasteiger partial charge in [-0.05, 0) is 26.9 Å². The van der Waals surface area contributed by atoms with E-state index in [0.717, 1.165) is 19.6 Å². The van der Waals surface area contributed by atoms with Gasteiger partial charge in [0.2, 0.25) is 0 Å². The fourth-order valence-electron chi connectivity index (χ4n) is 1.45. The summed E-state index contributed by atoms with van der Waals surface area (Å²) in [6.07, 6.45) is 5.25. The van der Waals surface area contributed by atoms with E-state index in [-0.39, 0.29) is 0 Å². The average Bonchev–Trinajstić information content (AvgIpc) is 2.62. The van der Waals surface area contributed by atoms with Crippen LogP contribution >= 0.6 is 15.9 Å². The highest BCUT2D eigenvalue weighted by molar-refractivity contribution is 9.09. The van der Waals surface area contributed by atoms with Gasteiger partial charge >= 0.3 is 0 Å². The van der Waals surface area contributed by atoms with Crippen molar-refractivity contribution in [2.45, 2.75) is 38.2 Å². The Morgan fingerprint density at radius 3 is 2.87 bits per heavy atom. The second kappa shape index (κ2) is 6.28. The van der Waals surface area contributed by atoms with Gasteiger partial charge in [-0.1, -0.05) is 22.9 Å². The molecule has 0 fully saturated rings. The number of nitrogens with zero attached hydrogens (tertiary/aromatic N) is 3. The minimum absolute atomic E-state index is 0.596. The van der Waals surface area contributed by atoms with E-state index in [9.17, 15) is 0 Å². The first-order valence-corrected chi connectivity index (χ1v) is 6.37. The number of hydrogen-bond acceptors (Lipinski definition) is 2. The first-order valence-electron chi connectivity index (χ1n) is 5.45. The second-order valence-electron chi connectivity index (χ2n) is 4.01. The lowest BCUT2D eigenvalue weighted by atomic mass is 10.3. The first kappa shape index (κ1) is 12.7. The van der Waals surface area contributed by atoms with Gasteiger partial charge in [-0.25, -0.2) is 0 Å². The van der Waals surface area contributed by atoms with E-state index >= 15 is 0 Å². The van der Waals surface area contributed by atoms with Crippen molar-refractivity contribution in [1.82, 2.24) is 14.7 Å². The summed E-state index contributed by atoms with van der Waals surface area (Å²) in [6, 6.07) is 0. The molecule has 0 aromatic carbocycles. The van der Waals surface area contributed by atoms with Gasteiger partial charge < -0.3 is 4.90 Å². The molecule has 86 valence electrons. The molecule has 0 bridgehead atoms. The highest BCUT2D eigenvalue weighted by Gasteiger charge is 2.04. The molecule has 0 radical (unpaired) electrons. The van der Waals surface area contributed by atoms with Crippen molar-refractivity contribution >= 4 is 15.9 Å². The van der Waals surface area contributed by atoms with Gasteiger partial charge in [0, 0.05) is 29.7 Å². The van der Waals surface area contributed by atoms with Crippen LogP contribution in [0.2, 0.25) is 0 Å². The predicted octanol–water partition coefficient (Wildman–Crippen LogP) is 2.51. The molecule has 0 saturated carbocycles. The number of aromatic nitrogens is 2. The fraction of sp³-hybridized carbons (Fsp3) is 0.727. The molecule has 1 aromatic rings. The summed E-state index contributed by atoms with van der Waals surface area (Å²) in [7, 11) is 2.15. The standard InChI is InChI=1S/C11H20BrN3/c1-4-15-9-11(7-13-15)8-14(3)6-5-10(2)12/h7,9-10H,4-6,8H2,1-3H3. The van der Waals surface area contributed by atoms with E-state index in [4.69, 9.17) is 0 Å². The predicted molar refractivity (Wildman–Crippen MR) is 67.2 cm³/mol. The molecule has 0 aliphatic rings. The topological polar surface area (TPSA) is 21.1 Å². The summed E-state index contributed by atoms with van der Waals surface area (Å²) in [5.74, 6) is 0. The van der Waals surface area contributed by atoms with Crippen LogP contribution in [0.15, 0.2) is 12.4 Å². The van der Waals surface area contributed by atoms with E-state index in [1.807, 2.05) is 10.9 Å². The van der Waals surface area contributed by atoms with Gasteiger partial charge in [-0.2, -0.15) is 5.10 Å². The highest BCUT2D eigenvalue weighted by Crippen LogP contribution is 2.07. The normalized spacial score (nSPS) is 13.4. The molecule has 1 heterocycles. The number of halogens is 1. The lowest BCUT2D eigenvalue weighted by molar-refractivity contribution is 0.323. The van der Waals surface area contributed by atoms with Gasteiger partial charge in [0.05, 0.1) is 6.20 Å². The number of aryl methyl sites for hydroxylation is 1. The molecule has 4 heteroatoms. The Balaban J connectivity index is 2.33. The second-order valence-corrected chi connectivity index (χ2v) is 5.57. The number of rotatable bonds is 6. The minimum atomic E-state index is 0.596. The number of alkyl halides is 1. The van der Waals surface area contributed by atoms with Gasteiger partial charge in [-0.3, -0.25) is 4.68 Å². The van der Waals surface area contributed by atoms with Crippen LogP contribution in [0, 0.1) is 0 Å². The quantitative estimate of drug-likeness (QED) is 0.743. The van der Waals surface area contributed by atoms with Crippen molar-refractivity contribution in [3.63, 3.8) is 0 Å². The third-order valence-electron chi connectivity index (χ3n) is 2.37. The first-order chi connectivity index (χ1) is 7.11. The summed E-state index contributed by atoms with van der Waals surface area (Å²) in [5.41, 5.74) is 1.29. The monoisotopic (exact) mass is 273 g/mol. The van der Waals surface area contributed by atoms with Crippen molar-refractivity contribution < 1.29 is 0 Å². The van der Waals surface area contributed by atoms with Crippen LogP contribution in [0.1, 0.15) is 25.8 Å². The lowest BCUT2D eigenvalue weighted by Gasteiger charge is -2.16. The van der Waals surface area contributed by atoms with Crippen molar-refractivity contribution in [2.75, 3.05) is 13.6 Å². The van der Waals surface area contributed by atoms with Crippen molar-refractivity contribution in [2.24, 2.45) is 0 Å². The zero-order valence-electron chi connectivity index (χ0n) is 9.78. The van der Waals surface area contributed by atoms with Gasteiger partial charge in [-0.15, -0.1) is 0 Å². The largest absolute Gasteiger partial charge is 0.302 e. The molecule has 0 saturated heterocycles. The molecule has 3 nitrogen and oxygen atoms in total. The zero-order chi connectivity index (χ0) is 11.3. The van der Waals surface area contributed by atoms with Crippen molar-refractivity contribution in [1.29, 1.82) is 0 Å². The molecule has 1 aromatic heterocycles. The van der Waals surface area contributed by atoms with Gasteiger partial charge in [0.25, 0.3) is 0 Å². The van der Waals surface area contributed by atoms with Gasteiger partial charge in [0.15, 0.2) is 0 Å². The van der Waals surface area contributed by atoms with Crippen LogP contribution < -0.4 is 0 Å². The third-order valence-corrected chi connectivity index (χ3v) is 2.83. The molecule has 0 aliphatic heterocycles. The molecule has 1 rings (SSSR count). The van der Waals surface area contributed by atoms with Crippen LogP contribution in [0.25, 0.3) is 0 Å². The average molecular weight is 274 g/mol. The molecule has 0 aliphatic carbocycles. The maximum absolute atomic E-state index is 4.26. The third kappa shape index (κ3) is 4.80. The van der Waals surface area contributed by atoms with Crippen LogP contribution in [0.4, 0.5) is 0 Å². The van der Waals surface area contributed by atoms with E-state index in [0.29, 0.717) is 4.83 Å². The van der Waals surface area contributed by atoms with E-state index in [1.165, 1.54) is 12.0 Å². The Hall–Kier alpha value is -0.350. The Morgan fingerprint density at radius 1 is 1.60 bits per heavy atom. The van der Waals surface area contributed by atoms with Crippen LogP contribution in [-0.4, -0.2) is 33.1 Å². The fourth-order valence-corrected chi connectivity index (χ4v) is 1.65. The summed E-state index contributed by atoms with van der Waals surface area (Å²) < 4.78 is 1.97. The maximum Gasteiger partial charge on any atom is 0.0534 e. The Morgan fingerprint density at radius 2 is 2.33 bits per heavy atom. The lowest BCUT2D eigenvalue weighted by Crippen LogP contribution is -2.20.